The summed E-state index contributed by atoms with van der Waals surface area (Å²) in [5.74, 6) is 2.48. The molecule has 1 fully saturated rings. The van der Waals surface area contributed by atoms with Gasteiger partial charge in [0.05, 0.1) is 6.61 Å². The van der Waals surface area contributed by atoms with Crippen LogP contribution in [0.15, 0.2) is 4.99 Å². The Kier molecular flexibility index (Phi) is 11.1. The Balaban J connectivity index is 2.14. The highest BCUT2D eigenvalue weighted by Gasteiger charge is 2.15. The van der Waals surface area contributed by atoms with Crippen molar-refractivity contribution in [2.24, 2.45) is 16.8 Å². The summed E-state index contributed by atoms with van der Waals surface area (Å²) in [6.07, 6.45) is 4.97. The van der Waals surface area contributed by atoms with E-state index >= 15 is 0 Å². The van der Waals surface area contributed by atoms with Crippen molar-refractivity contribution in [3.63, 3.8) is 0 Å². The SMILES string of the molecule is CCNC(=NCCC1CCN(C)CC1)NCCOCCC(C)C. The van der Waals surface area contributed by atoms with Gasteiger partial charge in [0.25, 0.3) is 0 Å². The van der Waals surface area contributed by atoms with Gasteiger partial charge in [-0.1, -0.05) is 13.8 Å². The van der Waals surface area contributed by atoms with Gasteiger partial charge in [0.15, 0.2) is 5.96 Å². The molecule has 0 aromatic rings. The minimum absolute atomic E-state index is 0.710. The van der Waals surface area contributed by atoms with Crippen molar-refractivity contribution in [2.45, 2.75) is 46.5 Å². The third-order valence-electron chi connectivity index (χ3n) is 4.37. The first-order chi connectivity index (χ1) is 11.1. The monoisotopic (exact) mass is 326 g/mol. The number of nitrogens with zero attached hydrogens (tertiary/aromatic N) is 2. The maximum absolute atomic E-state index is 5.63. The average molecular weight is 327 g/mol. The van der Waals surface area contributed by atoms with Gasteiger partial charge in [-0.05, 0) is 64.6 Å². The van der Waals surface area contributed by atoms with Gasteiger partial charge in [-0.3, -0.25) is 4.99 Å². The number of ether oxygens (including phenoxy) is 1. The summed E-state index contributed by atoms with van der Waals surface area (Å²) in [5.41, 5.74) is 0. The molecular formula is C18H38N4O. The van der Waals surface area contributed by atoms with Crippen LogP contribution in [0.2, 0.25) is 0 Å². The lowest BCUT2D eigenvalue weighted by Crippen LogP contribution is -2.39. The Bertz CT molecular complexity index is 312. The highest BCUT2D eigenvalue weighted by Crippen LogP contribution is 2.19. The summed E-state index contributed by atoms with van der Waals surface area (Å²) < 4.78 is 5.63. The molecule has 0 radical (unpaired) electrons. The van der Waals surface area contributed by atoms with Gasteiger partial charge in [-0.2, -0.15) is 0 Å². The molecule has 1 heterocycles. The third-order valence-corrected chi connectivity index (χ3v) is 4.37. The number of nitrogens with one attached hydrogen (secondary N) is 2. The van der Waals surface area contributed by atoms with E-state index in [9.17, 15) is 0 Å². The molecule has 0 bridgehead atoms. The fraction of sp³-hybridized carbons (Fsp3) is 0.944. The molecule has 1 rings (SSSR count). The lowest BCUT2D eigenvalue weighted by atomic mass is 9.94. The minimum atomic E-state index is 0.710. The van der Waals surface area contributed by atoms with Crippen LogP contribution in [-0.4, -0.2) is 63.8 Å². The van der Waals surface area contributed by atoms with Gasteiger partial charge in [-0.15, -0.1) is 0 Å². The van der Waals surface area contributed by atoms with E-state index in [-0.39, 0.29) is 0 Å². The molecule has 23 heavy (non-hydrogen) atoms. The zero-order chi connectivity index (χ0) is 16.9. The summed E-state index contributed by atoms with van der Waals surface area (Å²) in [6.45, 7) is 13.2. The van der Waals surface area contributed by atoms with Gasteiger partial charge in [0.1, 0.15) is 0 Å². The van der Waals surface area contributed by atoms with Crippen molar-refractivity contribution in [2.75, 3.05) is 53.0 Å². The molecule has 0 unspecified atom stereocenters. The maximum Gasteiger partial charge on any atom is 0.191 e. The molecule has 1 aliphatic heterocycles. The maximum atomic E-state index is 5.63. The van der Waals surface area contributed by atoms with E-state index in [1.54, 1.807) is 0 Å². The summed E-state index contributed by atoms with van der Waals surface area (Å²) in [6, 6.07) is 0. The first-order valence-corrected chi connectivity index (χ1v) is 9.40. The Morgan fingerprint density at radius 2 is 1.96 bits per heavy atom. The predicted octanol–water partition coefficient (Wildman–Crippen LogP) is 2.34. The van der Waals surface area contributed by atoms with Crippen molar-refractivity contribution in [3.8, 4) is 0 Å². The Hall–Kier alpha value is -0.810. The second-order valence-corrected chi connectivity index (χ2v) is 7.02. The van der Waals surface area contributed by atoms with Gasteiger partial charge in [0, 0.05) is 26.2 Å². The number of guanidine groups is 1. The minimum Gasteiger partial charge on any atom is -0.380 e. The van der Waals surface area contributed by atoms with Crippen LogP contribution >= 0.6 is 0 Å². The molecular weight excluding hydrogens is 288 g/mol. The molecule has 0 saturated carbocycles. The average Bonchev–Trinajstić information content (AvgIpc) is 2.52. The van der Waals surface area contributed by atoms with Crippen molar-refractivity contribution in [1.29, 1.82) is 0 Å². The largest absolute Gasteiger partial charge is 0.380 e. The molecule has 1 aliphatic rings. The summed E-state index contributed by atoms with van der Waals surface area (Å²) in [5, 5.41) is 6.67. The lowest BCUT2D eigenvalue weighted by Gasteiger charge is -2.28. The number of likely N-dealkylation sites (tertiary alicyclic amines) is 1. The number of aliphatic imine (C=N–C) groups is 1. The molecule has 0 aromatic heterocycles. The standard InChI is InChI=1S/C18H38N4O/c1-5-19-18(21-11-15-23-14-9-16(2)3)20-10-6-17-7-12-22(4)13-8-17/h16-17H,5-15H2,1-4H3,(H2,19,20,21). The second kappa shape index (κ2) is 12.6. The van der Waals surface area contributed by atoms with Crippen molar-refractivity contribution >= 4 is 5.96 Å². The van der Waals surface area contributed by atoms with Crippen LogP contribution in [0.3, 0.4) is 0 Å². The van der Waals surface area contributed by atoms with E-state index in [4.69, 9.17) is 9.73 Å². The normalized spacial score (nSPS) is 17.7. The van der Waals surface area contributed by atoms with Crippen LogP contribution in [-0.2, 0) is 4.74 Å². The fourth-order valence-electron chi connectivity index (χ4n) is 2.71. The second-order valence-electron chi connectivity index (χ2n) is 7.02. The summed E-state index contributed by atoms with van der Waals surface area (Å²) >= 11 is 0. The molecule has 5 heteroatoms. The Labute approximate surface area is 143 Å². The summed E-state index contributed by atoms with van der Waals surface area (Å²) in [4.78, 5) is 7.12. The molecule has 136 valence electrons. The number of hydrogen-bond donors (Lipinski definition) is 2. The smallest absolute Gasteiger partial charge is 0.191 e. The molecule has 5 nitrogen and oxygen atoms in total. The molecule has 1 saturated heterocycles. The van der Waals surface area contributed by atoms with E-state index in [1.165, 1.54) is 32.4 Å². The van der Waals surface area contributed by atoms with Gasteiger partial charge < -0.3 is 20.3 Å². The zero-order valence-corrected chi connectivity index (χ0v) is 15.7. The van der Waals surface area contributed by atoms with Crippen LogP contribution < -0.4 is 10.6 Å². The molecule has 0 atom stereocenters. The van der Waals surface area contributed by atoms with Gasteiger partial charge in [0.2, 0.25) is 0 Å². The van der Waals surface area contributed by atoms with Gasteiger partial charge >= 0.3 is 0 Å². The summed E-state index contributed by atoms with van der Waals surface area (Å²) in [7, 11) is 2.21. The highest BCUT2D eigenvalue weighted by atomic mass is 16.5. The van der Waals surface area contributed by atoms with Crippen LogP contribution in [0.1, 0.15) is 46.5 Å². The first kappa shape index (κ1) is 20.2. The number of hydrogen-bond acceptors (Lipinski definition) is 3. The van der Waals surface area contributed by atoms with Crippen LogP contribution in [0.4, 0.5) is 0 Å². The van der Waals surface area contributed by atoms with Crippen molar-refractivity contribution in [3.05, 3.63) is 0 Å². The molecule has 0 amide bonds. The highest BCUT2D eigenvalue weighted by molar-refractivity contribution is 5.79. The fourth-order valence-corrected chi connectivity index (χ4v) is 2.71. The zero-order valence-electron chi connectivity index (χ0n) is 15.7. The molecule has 0 aromatic carbocycles. The van der Waals surface area contributed by atoms with E-state index in [0.717, 1.165) is 51.1 Å². The van der Waals surface area contributed by atoms with Crippen LogP contribution in [0.25, 0.3) is 0 Å². The van der Waals surface area contributed by atoms with Crippen molar-refractivity contribution in [1.82, 2.24) is 15.5 Å². The van der Waals surface area contributed by atoms with E-state index in [2.05, 4.69) is 43.4 Å². The Morgan fingerprint density at radius 1 is 1.22 bits per heavy atom. The number of piperidine rings is 1. The number of rotatable bonds is 10. The lowest BCUT2D eigenvalue weighted by molar-refractivity contribution is 0.128. The van der Waals surface area contributed by atoms with Crippen molar-refractivity contribution < 1.29 is 4.74 Å². The topological polar surface area (TPSA) is 48.9 Å². The van der Waals surface area contributed by atoms with E-state index in [1.807, 2.05) is 0 Å². The third kappa shape index (κ3) is 10.6. The molecule has 2 N–H and O–H groups in total. The van der Waals surface area contributed by atoms with E-state index in [0.29, 0.717) is 5.92 Å². The van der Waals surface area contributed by atoms with Gasteiger partial charge in [-0.25, -0.2) is 0 Å². The van der Waals surface area contributed by atoms with Crippen LogP contribution in [0, 0.1) is 11.8 Å². The molecule has 0 spiro atoms. The predicted molar refractivity (Wildman–Crippen MR) is 99.1 cm³/mol. The van der Waals surface area contributed by atoms with Crippen LogP contribution in [0.5, 0.6) is 0 Å². The first-order valence-electron chi connectivity index (χ1n) is 9.40. The van der Waals surface area contributed by atoms with E-state index < -0.39 is 0 Å². The quantitative estimate of drug-likeness (QED) is 0.367. The molecule has 0 aliphatic carbocycles. The Morgan fingerprint density at radius 3 is 2.61 bits per heavy atom.